The lowest BCUT2D eigenvalue weighted by Gasteiger charge is -2.20. The van der Waals surface area contributed by atoms with Crippen LogP contribution in [-0.2, 0) is 14.4 Å². The molecule has 2 aromatic carbocycles. The molecule has 7 heteroatoms. The number of para-hydroxylation sites is 1. The summed E-state index contributed by atoms with van der Waals surface area (Å²) in [4.78, 5) is 17.6. The Morgan fingerprint density at radius 2 is 1.75 bits per heavy atom. The van der Waals surface area contributed by atoms with E-state index in [0.29, 0.717) is 6.42 Å². The van der Waals surface area contributed by atoms with E-state index in [2.05, 4.69) is 21.0 Å². The Morgan fingerprint density at radius 3 is 2.43 bits per heavy atom. The lowest BCUT2D eigenvalue weighted by molar-refractivity contribution is -0.131. The van der Waals surface area contributed by atoms with E-state index < -0.39 is 6.10 Å². The van der Waals surface area contributed by atoms with Crippen LogP contribution in [0, 0.1) is 0 Å². The number of benzene rings is 2. The summed E-state index contributed by atoms with van der Waals surface area (Å²) in [5.74, 6) is -0.215. The molecule has 7 nitrogen and oxygen atoms in total. The fourth-order valence-electron chi connectivity index (χ4n) is 2.59. The Morgan fingerprint density at radius 1 is 1.07 bits per heavy atom. The van der Waals surface area contributed by atoms with Crippen molar-refractivity contribution >= 4 is 24.0 Å². The van der Waals surface area contributed by atoms with E-state index in [-0.39, 0.29) is 12.0 Å². The van der Waals surface area contributed by atoms with Gasteiger partial charge in [-0.3, -0.25) is 10.2 Å². The average Bonchev–Trinajstić information content (AvgIpc) is 2.74. The molecular weight excluding hydrogens is 356 g/mol. The number of oxime groups is 1. The summed E-state index contributed by atoms with van der Waals surface area (Å²) in [5, 5.41) is 10.7. The van der Waals surface area contributed by atoms with Crippen LogP contribution in [0.15, 0.2) is 64.9 Å². The molecule has 0 bridgehead atoms. The molecule has 0 radical (unpaired) electrons. The van der Waals surface area contributed by atoms with Crippen molar-refractivity contribution in [2.24, 2.45) is 10.3 Å². The molecule has 0 aliphatic carbocycles. The lowest BCUT2D eigenvalue weighted by atomic mass is 9.98. The van der Waals surface area contributed by atoms with Gasteiger partial charge in [-0.15, -0.1) is 0 Å². The number of anilines is 1. The molecule has 2 rings (SSSR count). The number of likely N-dealkylation sites (N-methyl/N-ethyl adjacent to an activating group) is 1. The SMILES string of the molecule is CNC(=O)C(OC)c1ccccc1C(C)ON=CCC=NNc1ccccc1. The summed E-state index contributed by atoms with van der Waals surface area (Å²) in [5.41, 5.74) is 5.44. The molecule has 0 heterocycles. The van der Waals surface area contributed by atoms with Gasteiger partial charge in [-0.2, -0.15) is 5.10 Å². The second kappa shape index (κ2) is 11.5. The Hall–Kier alpha value is -3.19. The van der Waals surface area contributed by atoms with Crippen LogP contribution in [-0.4, -0.2) is 32.5 Å². The van der Waals surface area contributed by atoms with E-state index in [4.69, 9.17) is 9.57 Å². The zero-order chi connectivity index (χ0) is 20.2. The molecule has 0 fully saturated rings. The summed E-state index contributed by atoms with van der Waals surface area (Å²) in [6.07, 6.45) is 2.81. The first-order chi connectivity index (χ1) is 13.7. The fraction of sp³-hybridized carbons (Fsp3) is 0.286. The maximum Gasteiger partial charge on any atom is 0.253 e. The molecule has 0 saturated carbocycles. The van der Waals surface area contributed by atoms with Crippen LogP contribution < -0.4 is 10.7 Å². The molecule has 0 saturated heterocycles. The number of hydrogen-bond donors (Lipinski definition) is 2. The number of methoxy groups -OCH3 is 1. The van der Waals surface area contributed by atoms with Crippen LogP contribution in [0.4, 0.5) is 5.69 Å². The maximum absolute atomic E-state index is 12.1. The van der Waals surface area contributed by atoms with Crippen LogP contribution in [0.3, 0.4) is 0 Å². The second-order valence-electron chi connectivity index (χ2n) is 5.92. The molecular formula is C21H26N4O3. The number of amides is 1. The molecule has 0 aliphatic rings. The number of nitrogens with zero attached hydrogens (tertiary/aromatic N) is 2. The number of ether oxygens (including phenoxy) is 1. The number of carbonyl (C=O) groups excluding carboxylic acids is 1. The molecule has 2 atom stereocenters. The van der Waals surface area contributed by atoms with E-state index in [0.717, 1.165) is 16.8 Å². The van der Waals surface area contributed by atoms with Gasteiger partial charge in [-0.25, -0.2) is 0 Å². The highest BCUT2D eigenvalue weighted by atomic mass is 16.6. The zero-order valence-corrected chi connectivity index (χ0v) is 16.3. The molecule has 2 unspecified atom stereocenters. The van der Waals surface area contributed by atoms with E-state index >= 15 is 0 Å². The van der Waals surface area contributed by atoms with Crippen molar-refractivity contribution in [3.63, 3.8) is 0 Å². The van der Waals surface area contributed by atoms with Crippen LogP contribution in [0.5, 0.6) is 0 Å². The van der Waals surface area contributed by atoms with Crippen molar-refractivity contribution in [1.29, 1.82) is 0 Å². The van der Waals surface area contributed by atoms with Gasteiger partial charge in [0.15, 0.2) is 6.10 Å². The van der Waals surface area contributed by atoms with Crippen molar-refractivity contribution in [2.75, 3.05) is 19.6 Å². The highest BCUT2D eigenvalue weighted by Gasteiger charge is 2.24. The van der Waals surface area contributed by atoms with Gasteiger partial charge in [0.25, 0.3) is 5.91 Å². The van der Waals surface area contributed by atoms with Gasteiger partial charge in [0.1, 0.15) is 6.10 Å². The molecule has 0 spiro atoms. The largest absolute Gasteiger partial charge is 0.388 e. The molecule has 1 amide bonds. The molecule has 148 valence electrons. The van der Waals surface area contributed by atoms with Crippen molar-refractivity contribution in [1.82, 2.24) is 5.32 Å². The van der Waals surface area contributed by atoms with Gasteiger partial charge in [0.05, 0.1) is 5.69 Å². The van der Waals surface area contributed by atoms with Crippen molar-refractivity contribution in [3.8, 4) is 0 Å². The molecule has 0 aromatic heterocycles. The number of hydrazone groups is 1. The van der Waals surface area contributed by atoms with Gasteiger partial charge in [0.2, 0.25) is 0 Å². The average molecular weight is 382 g/mol. The third kappa shape index (κ3) is 6.21. The quantitative estimate of drug-likeness (QED) is 0.485. The minimum atomic E-state index is -0.701. The first kappa shape index (κ1) is 21.1. The third-order valence-electron chi connectivity index (χ3n) is 4.00. The predicted octanol–water partition coefficient (Wildman–Crippen LogP) is 3.67. The van der Waals surface area contributed by atoms with E-state index in [9.17, 15) is 4.79 Å². The van der Waals surface area contributed by atoms with E-state index in [1.54, 1.807) is 19.5 Å². The van der Waals surface area contributed by atoms with Crippen molar-refractivity contribution in [3.05, 3.63) is 65.7 Å². The zero-order valence-electron chi connectivity index (χ0n) is 16.3. The van der Waals surface area contributed by atoms with Crippen molar-refractivity contribution in [2.45, 2.75) is 25.6 Å². The molecule has 0 aliphatic heterocycles. The molecule has 28 heavy (non-hydrogen) atoms. The summed E-state index contributed by atoms with van der Waals surface area (Å²) < 4.78 is 5.36. The molecule has 2 aromatic rings. The van der Waals surface area contributed by atoms with Crippen molar-refractivity contribution < 1.29 is 14.4 Å². The monoisotopic (exact) mass is 382 g/mol. The highest BCUT2D eigenvalue weighted by Crippen LogP contribution is 2.28. The Kier molecular flexibility index (Phi) is 8.68. The van der Waals surface area contributed by atoms with E-state index in [1.807, 2.05) is 61.5 Å². The van der Waals surface area contributed by atoms with E-state index in [1.165, 1.54) is 7.11 Å². The summed E-state index contributed by atoms with van der Waals surface area (Å²) >= 11 is 0. The van der Waals surface area contributed by atoms with Crippen LogP contribution in [0.2, 0.25) is 0 Å². The predicted molar refractivity (Wildman–Crippen MR) is 111 cm³/mol. The lowest BCUT2D eigenvalue weighted by Crippen LogP contribution is -2.28. The van der Waals surface area contributed by atoms with Crippen LogP contribution >= 0.6 is 0 Å². The van der Waals surface area contributed by atoms with Gasteiger partial charge in [-0.05, 0) is 24.6 Å². The highest BCUT2D eigenvalue weighted by molar-refractivity contribution is 5.82. The van der Waals surface area contributed by atoms with Gasteiger partial charge in [-0.1, -0.05) is 47.6 Å². The summed E-state index contributed by atoms with van der Waals surface area (Å²) in [6, 6.07) is 17.2. The van der Waals surface area contributed by atoms with Gasteiger partial charge in [0, 0.05) is 38.6 Å². The number of rotatable bonds is 10. The number of hydrogen-bond acceptors (Lipinski definition) is 6. The first-order valence-electron chi connectivity index (χ1n) is 9.00. The standard InChI is InChI=1S/C21H26N4O3/c1-16(18-12-7-8-13-19(18)20(27-3)21(26)22-2)28-24-15-9-14-23-25-17-10-5-4-6-11-17/h4-8,10-16,20,25H,9H2,1-3H3,(H,22,26). The van der Waals surface area contributed by atoms with Gasteiger partial charge >= 0.3 is 0 Å². The minimum Gasteiger partial charge on any atom is -0.388 e. The molecule has 2 N–H and O–H groups in total. The second-order valence-corrected chi connectivity index (χ2v) is 5.92. The Bertz CT molecular complexity index is 793. The Labute approximate surface area is 165 Å². The van der Waals surface area contributed by atoms with Crippen LogP contribution in [0.25, 0.3) is 0 Å². The first-order valence-corrected chi connectivity index (χ1v) is 9.00. The third-order valence-corrected chi connectivity index (χ3v) is 4.00. The smallest absolute Gasteiger partial charge is 0.253 e. The fourth-order valence-corrected chi connectivity index (χ4v) is 2.59. The number of carbonyl (C=O) groups is 1. The minimum absolute atomic E-state index is 0.215. The van der Waals surface area contributed by atoms with Gasteiger partial charge < -0.3 is 14.9 Å². The normalized spacial score (nSPS) is 13.4. The summed E-state index contributed by atoms with van der Waals surface area (Å²) in [6.45, 7) is 1.87. The number of nitrogens with one attached hydrogen (secondary N) is 2. The summed E-state index contributed by atoms with van der Waals surface area (Å²) in [7, 11) is 3.08. The topological polar surface area (TPSA) is 84.3 Å². The Balaban J connectivity index is 1.90. The van der Waals surface area contributed by atoms with Crippen LogP contribution in [0.1, 0.15) is 36.7 Å². The maximum atomic E-state index is 12.1.